The Morgan fingerprint density at radius 3 is 2.30 bits per heavy atom. The molecular formula is C18H19ClN2O2. The minimum Gasteiger partial charge on any atom is -0.354 e. The van der Waals surface area contributed by atoms with E-state index in [4.69, 9.17) is 11.6 Å². The summed E-state index contributed by atoms with van der Waals surface area (Å²) in [5, 5.41) is 3.43. The average Bonchev–Trinajstić information content (AvgIpc) is 2.54. The predicted molar refractivity (Wildman–Crippen MR) is 92.6 cm³/mol. The number of rotatable bonds is 6. The molecule has 2 amide bonds. The SMILES string of the molecule is CC(=O)N(CC(=O)NCCc1ccccc1)c1ccc(Cl)cc1. The Labute approximate surface area is 141 Å². The summed E-state index contributed by atoms with van der Waals surface area (Å²) in [5.41, 5.74) is 1.81. The highest BCUT2D eigenvalue weighted by molar-refractivity contribution is 6.30. The van der Waals surface area contributed by atoms with Crippen molar-refractivity contribution >= 4 is 29.1 Å². The van der Waals surface area contributed by atoms with Gasteiger partial charge in [-0.05, 0) is 36.2 Å². The predicted octanol–water partition coefficient (Wildman–Crippen LogP) is 3.05. The third-order valence-corrected chi connectivity index (χ3v) is 3.65. The van der Waals surface area contributed by atoms with Crippen LogP contribution < -0.4 is 10.2 Å². The van der Waals surface area contributed by atoms with Crippen molar-refractivity contribution in [2.24, 2.45) is 0 Å². The van der Waals surface area contributed by atoms with Crippen molar-refractivity contribution in [3.05, 3.63) is 65.2 Å². The summed E-state index contributed by atoms with van der Waals surface area (Å²) in [6.45, 7) is 1.97. The first kappa shape index (κ1) is 17.0. The van der Waals surface area contributed by atoms with Crippen LogP contribution in [0.25, 0.3) is 0 Å². The summed E-state index contributed by atoms with van der Waals surface area (Å²) in [7, 11) is 0. The molecule has 0 aliphatic heterocycles. The maximum absolute atomic E-state index is 12.1. The minimum atomic E-state index is -0.189. The van der Waals surface area contributed by atoms with Crippen LogP contribution in [0.2, 0.25) is 5.02 Å². The lowest BCUT2D eigenvalue weighted by Crippen LogP contribution is -2.40. The van der Waals surface area contributed by atoms with Gasteiger partial charge in [-0.25, -0.2) is 0 Å². The van der Waals surface area contributed by atoms with Gasteiger partial charge in [0.05, 0.1) is 0 Å². The number of carbonyl (C=O) groups is 2. The van der Waals surface area contributed by atoms with Crippen LogP contribution in [0.4, 0.5) is 5.69 Å². The molecule has 1 N–H and O–H groups in total. The lowest BCUT2D eigenvalue weighted by Gasteiger charge is -2.20. The number of nitrogens with one attached hydrogen (secondary N) is 1. The maximum atomic E-state index is 12.1. The van der Waals surface area contributed by atoms with Crippen LogP contribution in [0, 0.1) is 0 Å². The van der Waals surface area contributed by atoms with E-state index >= 15 is 0 Å². The Morgan fingerprint density at radius 2 is 1.70 bits per heavy atom. The number of nitrogens with zero attached hydrogens (tertiary/aromatic N) is 1. The van der Waals surface area contributed by atoms with Crippen molar-refractivity contribution in [3.63, 3.8) is 0 Å². The number of hydrogen-bond acceptors (Lipinski definition) is 2. The minimum absolute atomic E-state index is 0.00818. The molecule has 4 nitrogen and oxygen atoms in total. The molecule has 2 aromatic rings. The van der Waals surface area contributed by atoms with E-state index in [2.05, 4.69) is 5.32 Å². The summed E-state index contributed by atoms with van der Waals surface area (Å²) in [4.78, 5) is 25.3. The molecule has 120 valence electrons. The smallest absolute Gasteiger partial charge is 0.240 e. The molecule has 0 aliphatic rings. The molecule has 0 unspecified atom stereocenters. The van der Waals surface area contributed by atoms with E-state index in [9.17, 15) is 9.59 Å². The van der Waals surface area contributed by atoms with Gasteiger partial charge in [0.1, 0.15) is 6.54 Å². The second-order valence-electron chi connectivity index (χ2n) is 5.17. The number of halogens is 1. The van der Waals surface area contributed by atoms with Crippen LogP contribution in [-0.2, 0) is 16.0 Å². The topological polar surface area (TPSA) is 49.4 Å². The highest BCUT2D eigenvalue weighted by atomic mass is 35.5. The number of hydrogen-bond donors (Lipinski definition) is 1. The molecule has 0 saturated heterocycles. The van der Waals surface area contributed by atoms with Crippen LogP contribution in [0.5, 0.6) is 0 Å². The molecule has 0 fully saturated rings. The Bertz CT molecular complexity index is 656. The summed E-state index contributed by atoms with van der Waals surface area (Å²) in [5.74, 6) is -0.378. The molecule has 0 bridgehead atoms. The van der Waals surface area contributed by atoms with E-state index in [0.717, 1.165) is 12.0 Å². The van der Waals surface area contributed by atoms with Crippen LogP contribution in [0.3, 0.4) is 0 Å². The molecular weight excluding hydrogens is 312 g/mol. The molecule has 0 saturated carbocycles. The fraction of sp³-hybridized carbons (Fsp3) is 0.222. The molecule has 0 spiro atoms. The van der Waals surface area contributed by atoms with Gasteiger partial charge in [-0.15, -0.1) is 0 Å². The van der Waals surface area contributed by atoms with Crippen LogP contribution in [-0.4, -0.2) is 24.9 Å². The molecule has 0 heterocycles. The zero-order valence-corrected chi connectivity index (χ0v) is 13.7. The lowest BCUT2D eigenvalue weighted by molar-refractivity contribution is -0.123. The standard InChI is InChI=1S/C18H19ClN2O2/c1-14(22)21(17-9-7-16(19)8-10-17)13-18(23)20-12-11-15-5-3-2-4-6-15/h2-10H,11-13H2,1H3,(H,20,23). The fourth-order valence-electron chi connectivity index (χ4n) is 2.20. The fourth-order valence-corrected chi connectivity index (χ4v) is 2.32. The van der Waals surface area contributed by atoms with E-state index in [1.165, 1.54) is 11.8 Å². The van der Waals surface area contributed by atoms with Gasteiger partial charge in [-0.2, -0.15) is 0 Å². The highest BCUT2D eigenvalue weighted by Gasteiger charge is 2.15. The summed E-state index contributed by atoms with van der Waals surface area (Å²) in [6, 6.07) is 16.8. The van der Waals surface area contributed by atoms with Crippen molar-refractivity contribution in [2.45, 2.75) is 13.3 Å². The Morgan fingerprint density at radius 1 is 1.04 bits per heavy atom. The first-order chi connectivity index (χ1) is 11.1. The Hall–Kier alpha value is -2.33. The van der Waals surface area contributed by atoms with E-state index < -0.39 is 0 Å². The van der Waals surface area contributed by atoms with Crippen LogP contribution in [0.1, 0.15) is 12.5 Å². The summed E-state index contributed by atoms with van der Waals surface area (Å²) in [6.07, 6.45) is 0.758. The second kappa shape index (κ2) is 8.34. The lowest BCUT2D eigenvalue weighted by atomic mass is 10.1. The summed E-state index contributed by atoms with van der Waals surface area (Å²) >= 11 is 5.85. The number of benzene rings is 2. The third-order valence-electron chi connectivity index (χ3n) is 3.40. The van der Waals surface area contributed by atoms with E-state index in [-0.39, 0.29) is 18.4 Å². The first-order valence-corrected chi connectivity index (χ1v) is 7.78. The van der Waals surface area contributed by atoms with E-state index in [0.29, 0.717) is 17.3 Å². The van der Waals surface area contributed by atoms with Gasteiger partial charge in [0.15, 0.2) is 0 Å². The number of amides is 2. The Balaban J connectivity index is 1.88. The van der Waals surface area contributed by atoms with Crippen molar-refractivity contribution in [2.75, 3.05) is 18.0 Å². The zero-order chi connectivity index (χ0) is 16.7. The largest absolute Gasteiger partial charge is 0.354 e. The Kier molecular flexibility index (Phi) is 6.18. The quantitative estimate of drug-likeness (QED) is 0.885. The van der Waals surface area contributed by atoms with Crippen LogP contribution in [0.15, 0.2) is 54.6 Å². The van der Waals surface area contributed by atoms with Crippen molar-refractivity contribution in [1.29, 1.82) is 0 Å². The number of anilines is 1. The summed E-state index contributed by atoms with van der Waals surface area (Å²) < 4.78 is 0. The molecule has 0 aliphatic carbocycles. The van der Waals surface area contributed by atoms with Crippen molar-refractivity contribution in [1.82, 2.24) is 5.32 Å². The van der Waals surface area contributed by atoms with Crippen molar-refractivity contribution in [3.8, 4) is 0 Å². The first-order valence-electron chi connectivity index (χ1n) is 7.40. The van der Waals surface area contributed by atoms with Gasteiger partial charge < -0.3 is 10.2 Å². The second-order valence-corrected chi connectivity index (χ2v) is 5.60. The molecule has 0 atom stereocenters. The van der Waals surface area contributed by atoms with E-state index in [1.54, 1.807) is 24.3 Å². The highest BCUT2D eigenvalue weighted by Crippen LogP contribution is 2.17. The molecule has 23 heavy (non-hydrogen) atoms. The molecule has 0 aromatic heterocycles. The van der Waals surface area contributed by atoms with Gasteiger partial charge in [0.25, 0.3) is 0 Å². The zero-order valence-electron chi connectivity index (χ0n) is 13.0. The molecule has 0 radical (unpaired) electrons. The normalized spacial score (nSPS) is 10.2. The van der Waals surface area contributed by atoms with E-state index in [1.807, 2.05) is 30.3 Å². The third kappa shape index (κ3) is 5.42. The van der Waals surface area contributed by atoms with Gasteiger partial charge >= 0.3 is 0 Å². The van der Waals surface area contributed by atoms with Gasteiger partial charge in [-0.3, -0.25) is 9.59 Å². The van der Waals surface area contributed by atoms with Crippen LogP contribution >= 0.6 is 11.6 Å². The van der Waals surface area contributed by atoms with Gasteiger partial charge in [0, 0.05) is 24.2 Å². The average molecular weight is 331 g/mol. The van der Waals surface area contributed by atoms with Crippen molar-refractivity contribution < 1.29 is 9.59 Å². The molecule has 2 aromatic carbocycles. The maximum Gasteiger partial charge on any atom is 0.240 e. The number of carbonyl (C=O) groups excluding carboxylic acids is 2. The molecule has 2 rings (SSSR count). The molecule has 5 heteroatoms. The monoisotopic (exact) mass is 330 g/mol. The van der Waals surface area contributed by atoms with Gasteiger partial charge in [0.2, 0.25) is 11.8 Å². The van der Waals surface area contributed by atoms with Gasteiger partial charge in [-0.1, -0.05) is 41.9 Å².